The topological polar surface area (TPSA) is 59.0 Å². The van der Waals surface area contributed by atoms with E-state index in [-0.39, 0.29) is 23.8 Å². The van der Waals surface area contributed by atoms with E-state index in [0.29, 0.717) is 26.5 Å². The number of benzene rings is 1. The van der Waals surface area contributed by atoms with Crippen LogP contribution in [0.25, 0.3) is 0 Å². The lowest BCUT2D eigenvalue weighted by molar-refractivity contribution is -0.139. The highest BCUT2D eigenvalue weighted by molar-refractivity contribution is 8.15. The number of amides is 1. The minimum absolute atomic E-state index is 0.144. The molecule has 1 aromatic carbocycles. The minimum Gasteiger partial charge on any atom is -0.463 e. The number of nitrogens with zero attached hydrogens (tertiary/aromatic N) is 2. The number of ether oxygens (including phenoxy) is 1. The first-order chi connectivity index (χ1) is 11.5. The van der Waals surface area contributed by atoms with Crippen molar-refractivity contribution in [1.29, 1.82) is 0 Å². The third kappa shape index (κ3) is 2.83. The van der Waals surface area contributed by atoms with Crippen molar-refractivity contribution in [3.8, 4) is 0 Å². The van der Waals surface area contributed by atoms with Crippen LogP contribution in [-0.4, -0.2) is 34.3 Å². The average Bonchev–Trinajstić information content (AvgIpc) is 2.87. The Morgan fingerprint density at radius 2 is 2.08 bits per heavy atom. The van der Waals surface area contributed by atoms with Gasteiger partial charge in [-0.1, -0.05) is 41.0 Å². The number of amidine groups is 1. The molecule has 0 bridgehead atoms. The number of fused-ring (bicyclic) bond motifs is 1. The Morgan fingerprint density at radius 3 is 2.71 bits per heavy atom. The average molecular weight is 385 g/mol. The van der Waals surface area contributed by atoms with Crippen molar-refractivity contribution in [1.82, 2.24) is 4.90 Å². The van der Waals surface area contributed by atoms with Gasteiger partial charge >= 0.3 is 5.97 Å². The summed E-state index contributed by atoms with van der Waals surface area (Å²) in [7, 11) is 0. The van der Waals surface area contributed by atoms with Crippen molar-refractivity contribution in [2.24, 2.45) is 4.99 Å². The van der Waals surface area contributed by atoms with Gasteiger partial charge in [0.25, 0.3) is 0 Å². The summed E-state index contributed by atoms with van der Waals surface area (Å²) in [5.74, 6) is -0.404. The van der Waals surface area contributed by atoms with E-state index in [0.717, 1.165) is 0 Å². The van der Waals surface area contributed by atoms with Crippen LogP contribution in [0.1, 0.15) is 25.5 Å². The molecule has 1 aromatic rings. The second-order valence-electron chi connectivity index (χ2n) is 5.20. The maximum absolute atomic E-state index is 12.5. The maximum atomic E-state index is 12.5. The molecule has 3 rings (SSSR count). The Bertz CT molecular complexity index is 771. The third-order valence-corrected chi connectivity index (χ3v) is 5.35. The Morgan fingerprint density at radius 1 is 1.42 bits per heavy atom. The second-order valence-corrected chi connectivity index (χ2v) is 6.96. The first-order valence-corrected chi connectivity index (χ1v) is 9.05. The summed E-state index contributed by atoms with van der Waals surface area (Å²) < 4.78 is 5.17. The van der Waals surface area contributed by atoms with Gasteiger partial charge in [0, 0.05) is 15.6 Å². The van der Waals surface area contributed by atoms with E-state index >= 15 is 0 Å². The van der Waals surface area contributed by atoms with Gasteiger partial charge in [-0.25, -0.2) is 9.79 Å². The smallest absolute Gasteiger partial charge is 0.338 e. The minimum atomic E-state index is -0.736. The molecule has 2 aliphatic heterocycles. The monoisotopic (exact) mass is 384 g/mol. The normalized spacial score (nSPS) is 20.2. The number of carbonyl (C=O) groups is 2. The van der Waals surface area contributed by atoms with E-state index < -0.39 is 12.0 Å². The fourth-order valence-electron chi connectivity index (χ4n) is 2.76. The predicted molar refractivity (Wildman–Crippen MR) is 95.3 cm³/mol. The summed E-state index contributed by atoms with van der Waals surface area (Å²) in [6, 6.07) is 4.34. The van der Waals surface area contributed by atoms with Gasteiger partial charge in [0.15, 0.2) is 5.17 Å². The number of carbonyl (C=O) groups excluding carboxylic acids is 2. The quantitative estimate of drug-likeness (QED) is 0.743. The largest absolute Gasteiger partial charge is 0.463 e. The van der Waals surface area contributed by atoms with Crippen LogP contribution >= 0.6 is 35.0 Å². The first-order valence-electron chi connectivity index (χ1n) is 7.31. The van der Waals surface area contributed by atoms with E-state index in [1.54, 1.807) is 32.0 Å². The highest BCUT2D eigenvalue weighted by Crippen LogP contribution is 2.45. The van der Waals surface area contributed by atoms with Crippen molar-refractivity contribution in [3.05, 3.63) is 45.1 Å². The summed E-state index contributed by atoms with van der Waals surface area (Å²) in [6.45, 7) is 3.66. The molecule has 0 N–H and O–H groups in total. The van der Waals surface area contributed by atoms with Crippen LogP contribution in [0.15, 0.2) is 34.5 Å². The van der Waals surface area contributed by atoms with Crippen LogP contribution in [0.4, 0.5) is 0 Å². The summed E-state index contributed by atoms with van der Waals surface area (Å²) >= 11 is 14.0. The lowest BCUT2D eigenvalue weighted by atomic mass is 9.94. The number of hydrogen-bond donors (Lipinski definition) is 0. The molecule has 2 heterocycles. The molecular formula is C16H14Cl2N2O3S. The van der Waals surface area contributed by atoms with Crippen LogP contribution in [-0.2, 0) is 14.3 Å². The van der Waals surface area contributed by atoms with Crippen molar-refractivity contribution >= 4 is 52.0 Å². The molecule has 8 heteroatoms. The highest BCUT2D eigenvalue weighted by Gasteiger charge is 2.44. The van der Waals surface area contributed by atoms with Crippen molar-refractivity contribution in [2.45, 2.75) is 19.9 Å². The fraction of sp³-hybridized carbons (Fsp3) is 0.312. The number of rotatable bonds is 3. The molecule has 1 fully saturated rings. The summed E-state index contributed by atoms with van der Waals surface area (Å²) in [4.78, 5) is 30.8. The molecule has 0 aliphatic carbocycles. The summed E-state index contributed by atoms with van der Waals surface area (Å²) in [5.41, 5.74) is 1.29. The van der Waals surface area contributed by atoms with Gasteiger partial charge in [-0.15, -0.1) is 0 Å². The first kappa shape index (κ1) is 17.3. The molecule has 5 nitrogen and oxygen atoms in total. The highest BCUT2D eigenvalue weighted by atomic mass is 35.5. The summed E-state index contributed by atoms with van der Waals surface area (Å²) in [6.07, 6.45) is 0. The molecule has 1 saturated heterocycles. The van der Waals surface area contributed by atoms with Gasteiger partial charge in [-0.05, 0) is 26.0 Å². The number of esters is 1. The third-order valence-electron chi connectivity index (χ3n) is 3.75. The van der Waals surface area contributed by atoms with Gasteiger partial charge in [-0.3, -0.25) is 9.69 Å². The number of allylic oxidation sites excluding steroid dienone is 1. The van der Waals surface area contributed by atoms with E-state index in [9.17, 15) is 9.59 Å². The molecule has 0 saturated carbocycles. The Kier molecular flexibility index (Phi) is 4.90. The van der Waals surface area contributed by atoms with Crippen molar-refractivity contribution in [3.63, 3.8) is 0 Å². The summed E-state index contributed by atoms with van der Waals surface area (Å²) in [5, 5.41) is 1.31. The molecular weight excluding hydrogens is 371 g/mol. The van der Waals surface area contributed by atoms with Crippen molar-refractivity contribution < 1.29 is 14.3 Å². The molecule has 2 aliphatic rings. The zero-order chi connectivity index (χ0) is 17.4. The Hall–Kier alpha value is -1.50. The molecule has 0 aromatic heterocycles. The molecule has 24 heavy (non-hydrogen) atoms. The zero-order valence-corrected chi connectivity index (χ0v) is 15.3. The van der Waals surface area contributed by atoms with Gasteiger partial charge in [0.05, 0.1) is 23.6 Å². The van der Waals surface area contributed by atoms with E-state index in [1.165, 1.54) is 16.7 Å². The zero-order valence-electron chi connectivity index (χ0n) is 13.0. The molecule has 0 spiro atoms. The molecule has 0 radical (unpaired) electrons. The number of hydrogen-bond acceptors (Lipinski definition) is 5. The van der Waals surface area contributed by atoms with E-state index in [2.05, 4.69) is 4.99 Å². The maximum Gasteiger partial charge on any atom is 0.338 e. The van der Waals surface area contributed by atoms with E-state index in [4.69, 9.17) is 27.9 Å². The Labute approximate surface area is 153 Å². The lowest BCUT2D eigenvalue weighted by Gasteiger charge is -2.33. The standard InChI is InChI=1S/C16H14Cl2N2O3S/c1-3-23-15(22)12-8(2)19-16-20(11(21)7-24-16)14(12)13-9(17)5-4-6-10(13)18/h4-6,14H,3,7H2,1-2H3. The molecule has 126 valence electrons. The van der Waals surface area contributed by atoms with Crippen LogP contribution < -0.4 is 0 Å². The number of aliphatic imine (C=N–C) groups is 1. The van der Waals surface area contributed by atoms with Gasteiger partial charge in [-0.2, -0.15) is 0 Å². The van der Waals surface area contributed by atoms with Crippen LogP contribution in [0.5, 0.6) is 0 Å². The number of thioether (sulfide) groups is 1. The molecule has 1 atom stereocenters. The molecule has 1 unspecified atom stereocenters. The van der Waals surface area contributed by atoms with Crippen LogP contribution in [0.2, 0.25) is 10.0 Å². The SMILES string of the molecule is CCOC(=O)C1=C(C)N=C2SCC(=O)N2C1c1c(Cl)cccc1Cl. The number of halogens is 2. The van der Waals surface area contributed by atoms with Gasteiger partial charge < -0.3 is 4.74 Å². The van der Waals surface area contributed by atoms with Gasteiger partial charge in [0.2, 0.25) is 5.91 Å². The van der Waals surface area contributed by atoms with Crippen LogP contribution in [0.3, 0.4) is 0 Å². The predicted octanol–water partition coefficient (Wildman–Crippen LogP) is 3.82. The van der Waals surface area contributed by atoms with Crippen LogP contribution in [0, 0.1) is 0 Å². The second kappa shape index (κ2) is 6.78. The van der Waals surface area contributed by atoms with Crippen molar-refractivity contribution in [2.75, 3.05) is 12.4 Å². The lowest BCUT2D eigenvalue weighted by Crippen LogP contribution is -2.40. The fourth-order valence-corrected chi connectivity index (χ4v) is 4.30. The van der Waals surface area contributed by atoms with E-state index in [1.807, 2.05) is 0 Å². The van der Waals surface area contributed by atoms with Gasteiger partial charge in [0.1, 0.15) is 6.04 Å². The Balaban J connectivity index is 2.22. The molecule has 1 amide bonds.